The Morgan fingerprint density at radius 1 is 0.923 bits per heavy atom. The number of carbonyl (C=O) groups excluding carboxylic acids is 2. The van der Waals surface area contributed by atoms with E-state index < -0.39 is 28.5 Å². The SMILES string of the molecule is CCCNC(=O)[C@@H](CC)N(Cc1ccc(C)cc1)C(=O)CN(c1ccccc1C)S(=O)(=O)c1ccc(Cl)cc1. The van der Waals surface area contributed by atoms with E-state index in [0.29, 0.717) is 29.2 Å². The van der Waals surface area contributed by atoms with E-state index in [1.807, 2.05) is 51.1 Å². The highest BCUT2D eigenvalue weighted by Gasteiger charge is 2.34. The molecule has 39 heavy (non-hydrogen) atoms. The molecule has 0 aliphatic rings. The summed E-state index contributed by atoms with van der Waals surface area (Å²) in [5, 5.41) is 3.30. The van der Waals surface area contributed by atoms with Gasteiger partial charge in [-0.05, 0) is 68.1 Å². The lowest BCUT2D eigenvalue weighted by molar-refractivity contribution is -0.140. The number of para-hydroxylation sites is 1. The number of hydrogen-bond acceptors (Lipinski definition) is 4. The molecule has 3 aromatic rings. The number of halogens is 1. The van der Waals surface area contributed by atoms with Crippen molar-refractivity contribution in [3.63, 3.8) is 0 Å². The third kappa shape index (κ3) is 7.61. The van der Waals surface area contributed by atoms with Gasteiger partial charge in [0.05, 0.1) is 10.6 Å². The van der Waals surface area contributed by atoms with Gasteiger partial charge in [0.15, 0.2) is 0 Å². The van der Waals surface area contributed by atoms with Crippen molar-refractivity contribution in [2.75, 3.05) is 17.4 Å². The molecule has 0 fully saturated rings. The first-order chi connectivity index (χ1) is 18.6. The highest BCUT2D eigenvalue weighted by molar-refractivity contribution is 7.92. The van der Waals surface area contributed by atoms with Crippen molar-refractivity contribution in [1.29, 1.82) is 0 Å². The Bertz CT molecular complexity index is 1380. The van der Waals surface area contributed by atoms with Crippen LogP contribution in [0, 0.1) is 13.8 Å². The van der Waals surface area contributed by atoms with Gasteiger partial charge in [-0.15, -0.1) is 0 Å². The number of rotatable bonds is 12. The summed E-state index contributed by atoms with van der Waals surface area (Å²) in [6, 6.07) is 19.8. The largest absolute Gasteiger partial charge is 0.354 e. The Labute approximate surface area is 236 Å². The molecule has 0 aliphatic heterocycles. The minimum atomic E-state index is -4.14. The predicted octanol–water partition coefficient (Wildman–Crippen LogP) is 5.49. The summed E-state index contributed by atoms with van der Waals surface area (Å²) in [5.41, 5.74) is 3.00. The number of nitrogens with one attached hydrogen (secondary N) is 1. The lowest BCUT2D eigenvalue weighted by Gasteiger charge is -2.33. The molecule has 208 valence electrons. The smallest absolute Gasteiger partial charge is 0.264 e. The fraction of sp³-hybridized carbons (Fsp3) is 0.333. The van der Waals surface area contributed by atoms with Crippen molar-refractivity contribution in [2.24, 2.45) is 0 Å². The van der Waals surface area contributed by atoms with Gasteiger partial charge < -0.3 is 10.2 Å². The second-order valence-electron chi connectivity index (χ2n) is 9.47. The number of nitrogens with zero attached hydrogens (tertiary/aromatic N) is 2. The van der Waals surface area contributed by atoms with Crippen molar-refractivity contribution in [3.05, 3.63) is 94.5 Å². The maximum absolute atomic E-state index is 14.0. The molecule has 3 aromatic carbocycles. The standard InChI is InChI=1S/C30H36ClN3O4S/c1-5-19-32-30(36)27(6-2)33(20-24-13-11-22(3)12-14-24)29(35)21-34(28-10-8-7-9-23(28)4)39(37,38)26-17-15-25(31)16-18-26/h7-18,27H,5-6,19-21H2,1-4H3,(H,32,36)/t27-/m1/s1. The van der Waals surface area contributed by atoms with E-state index in [-0.39, 0.29) is 17.3 Å². The summed E-state index contributed by atoms with van der Waals surface area (Å²) >= 11 is 6.01. The molecule has 7 nitrogen and oxygen atoms in total. The summed E-state index contributed by atoms with van der Waals surface area (Å²) in [4.78, 5) is 28.7. The van der Waals surface area contributed by atoms with Crippen molar-refractivity contribution < 1.29 is 18.0 Å². The fourth-order valence-corrected chi connectivity index (χ4v) is 5.87. The third-order valence-corrected chi connectivity index (χ3v) is 8.50. The average Bonchev–Trinajstić information content (AvgIpc) is 2.92. The number of carbonyl (C=O) groups is 2. The topological polar surface area (TPSA) is 86.8 Å². The Morgan fingerprint density at radius 2 is 1.56 bits per heavy atom. The summed E-state index contributed by atoms with van der Waals surface area (Å²) < 4.78 is 28.9. The zero-order valence-corrected chi connectivity index (χ0v) is 24.4. The van der Waals surface area contributed by atoms with Crippen LogP contribution in [0.1, 0.15) is 43.4 Å². The van der Waals surface area contributed by atoms with Crippen LogP contribution in [0.25, 0.3) is 0 Å². The first kappa shape index (κ1) is 30.2. The van der Waals surface area contributed by atoms with Crippen LogP contribution in [0.5, 0.6) is 0 Å². The highest BCUT2D eigenvalue weighted by atomic mass is 35.5. The van der Waals surface area contributed by atoms with Gasteiger partial charge in [0, 0.05) is 18.1 Å². The molecular weight excluding hydrogens is 534 g/mol. The van der Waals surface area contributed by atoms with Gasteiger partial charge in [0.25, 0.3) is 10.0 Å². The number of anilines is 1. The maximum atomic E-state index is 14.0. The van der Waals surface area contributed by atoms with E-state index in [1.54, 1.807) is 25.1 Å². The van der Waals surface area contributed by atoms with E-state index >= 15 is 0 Å². The van der Waals surface area contributed by atoms with E-state index in [1.165, 1.54) is 29.2 Å². The predicted molar refractivity (Wildman–Crippen MR) is 156 cm³/mol. The van der Waals surface area contributed by atoms with Gasteiger partial charge >= 0.3 is 0 Å². The summed E-state index contributed by atoms with van der Waals surface area (Å²) in [6.45, 7) is 7.75. The Kier molecular flexibility index (Phi) is 10.5. The van der Waals surface area contributed by atoms with Crippen LogP contribution < -0.4 is 9.62 Å². The molecule has 1 atom stereocenters. The molecule has 1 N–H and O–H groups in total. The lowest BCUT2D eigenvalue weighted by Crippen LogP contribution is -2.52. The van der Waals surface area contributed by atoms with Gasteiger partial charge in [-0.25, -0.2) is 8.42 Å². The van der Waals surface area contributed by atoms with Crippen LogP contribution in [-0.2, 0) is 26.2 Å². The molecule has 0 unspecified atom stereocenters. The van der Waals surface area contributed by atoms with Crippen LogP contribution in [0.3, 0.4) is 0 Å². The number of aryl methyl sites for hydroxylation is 2. The van der Waals surface area contributed by atoms with E-state index in [0.717, 1.165) is 21.9 Å². The Hall–Kier alpha value is -3.36. The number of benzene rings is 3. The number of hydrogen-bond donors (Lipinski definition) is 1. The summed E-state index contributed by atoms with van der Waals surface area (Å²) in [7, 11) is -4.14. The molecular formula is C30H36ClN3O4S. The molecule has 0 spiro atoms. The van der Waals surface area contributed by atoms with Crippen LogP contribution >= 0.6 is 11.6 Å². The van der Waals surface area contributed by atoms with E-state index in [9.17, 15) is 18.0 Å². The quantitative estimate of drug-likeness (QED) is 0.313. The van der Waals surface area contributed by atoms with Crippen LogP contribution in [-0.4, -0.2) is 44.3 Å². The molecule has 0 saturated carbocycles. The van der Waals surface area contributed by atoms with Crippen LogP contribution in [0.2, 0.25) is 5.02 Å². The zero-order chi connectivity index (χ0) is 28.6. The number of sulfonamides is 1. The van der Waals surface area contributed by atoms with Gasteiger partial charge in [0.2, 0.25) is 11.8 Å². The van der Waals surface area contributed by atoms with Crippen LogP contribution in [0.15, 0.2) is 77.7 Å². The van der Waals surface area contributed by atoms with E-state index in [4.69, 9.17) is 11.6 Å². The van der Waals surface area contributed by atoms with Crippen molar-refractivity contribution in [2.45, 2.75) is 58.0 Å². The first-order valence-electron chi connectivity index (χ1n) is 13.0. The van der Waals surface area contributed by atoms with Crippen LogP contribution in [0.4, 0.5) is 5.69 Å². The molecule has 0 heterocycles. The molecule has 2 amide bonds. The monoisotopic (exact) mass is 569 g/mol. The Morgan fingerprint density at radius 3 is 2.15 bits per heavy atom. The highest BCUT2D eigenvalue weighted by Crippen LogP contribution is 2.28. The van der Waals surface area contributed by atoms with Crippen molar-refractivity contribution in [3.8, 4) is 0 Å². The zero-order valence-electron chi connectivity index (χ0n) is 22.9. The van der Waals surface area contributed by atoms with E-state index in [2.05, 4.69) is 5.32 Å². The average molecular weight is 570 g/mol. The lowest BCUT2D eigenvalue weighted by atomic mass is 10.1. The third-order valence-electron chi connectivity index (χ3n) is 6.47. The van der Waals surface area contributed by atoms with Gasteiger partial charge in [0.1, 0.15) is 12.6 Å². The molecule has 0 saturated heterocycles. The second-order valence-corrected chi connectivity index (χ2v) is 11.8. The van der Waals surface area contributed by atoms with Crippen molar-refractivity contribution >= 4 is 39.1 Å². The molecule has 0 radical (unpaired) electrons. The molecule has 0 aromatic heterocycles. The molecule has 0 bridgehead atoms. The minimum Gasteiger partial charge on any atom is -0.354 e. The van der Waals surface area contributed by atoms with Crippen molar-refractivity contribution in [1.82, 2.24) is 10.2 Å². The van der Waals surface area contributed by atoms with Gasteiger partial charge in [-0.2, -0.15) is 0 Å². The summed E-state index contributed by atoms with van der Waals surface area (Å²) in [6.07, 6.45) is 1.13. The normalized spacial score (nSPS) is 12.0. The molecule has 0 aliphatic carbocycles. The fourth-order valence-electron chi connectivity index (χ4n) is 4.27. The molecule has 9 heteroatoms. The second kappa shape index (κ2) is 13.6. The first-order valence-corrected chi connectivity index (χ1v) is 14.9. The minimum absolute atomic E-state index is 0.0146. The number of amides is 2. The van der Waals surface area contributed by atoms with Gasteiger partial charge in [-0.1, -0.05) is 73.5 Å². The Balaban J connectivity index is 2.05. The maximum Gasteiger partial charge on any atom is 0.264 e. The molecule has 3 rings (SSSR count). The van der Waals surface area contributed by atoms with Gasteiger partial charge in [-0.3, -0.25) is 13.9 Å². The summed E-state index contributed by atoms with van der Waals surface area (Å²) in [5.74, 6) is -0.738.